The van der Waals surface area contributed by atoms with Crippen LogP contribution in [0.1, 0.15) is 43.3 Å². The molecule has 0 aliphatic carbocycles. The predicted molar refractivity (Wildman–Crippen MR) is 73.7 cm³/mol. The normalized spacial score (nSPS) is 19.3. The van der Waals surface area contributed by atoms with Crippen molar-refractivity contribution in [2.75, 3.05) is 13.1 Å². The van der Waals surface area contributed by atoms with Gasteiger partial charge in [-0.2, -0.15) is 0 Å². The van der Waals surface area contributed by atoms with Crippen LogP contribution >= 0.6 is 11.3 Å². The first kappa shape index (κ1) is 13.5. The highest BCUT2D eigenvalue weighted by molar-refractivity contribution is 7.09. The maximum Gasteiger partial charge on any atom is 0.222 e. The predicted octanol–water partition coefficient (Wildman–Crippen LogP) is 2.11. The standard InChI is InChI=1S/C13H21N3OS/c1-9(7-16-6-4-5-12(16)17)15-11(3)13-10(2)14-8-18-13/h8-9,11,15H,4-7H2,1-3H3. The van der Waals surface area contributed by atoms with Crippen molar-refractivity contribution in [3.63, 3.8) is 0 Å². The summed E-state index contributed by atoms with van der Waals surface area (Å²) in [6.45, 7) is 8.06. The van der Waals surface area contributed by atoms with Gasteiger partial charge in [-0.3, -0.25) is 4.79 Å². The molecule has 1 aliphatic heterocycles. The Morgan fingerprint density at radius 2 is 2.33 bits per heavy atom. The fraction of sp³-hybridized carbons (Fsp3) is 0.692. The van der Waals surface area contributed by atoms with E-state index in [0.717, 1.165) is 31.6 Å². The van der Waals surface area contributed by atoms with Gasteiger partial charge in [0.2, 0.25) is 5.91 Å². The van der Waals surface area contributed by atoms with Gasteiger partial charge in [-0.15, -0.1) is 11.3 Å². The molecule has 0 spiro atoms. The highest BCUT2D eigenvalue weighted by Crippen LogP contribution is 2.21. The van der Waals surface area contributed by atoms with Crippen LogP contribution in [0.3, 0.4) is 0 Å². The fourth-order valence-corrected chi connectivity index (χ4v) is 3.33. The van der Waals surface area contributed by atoms with Gasteiger partial charge >= 0.3 is 0 Å². The molecule has 1 aromatic rings. The number of hydrogen-bond acceptors (Lipinski definition) is 4. The summed E-state index contributed by atoms with van der Waals surface area (Å²) >= 11 is 1.69. The molecule has 2 rings (SSSR count). The number of amides is 1. The molecule has 2 atom stereocenters. The molecule has 1 aliphatic rings. The molecule has 4 nitrogen and oxygen atoms in total. The van der Waals surface area contributed by atoms with Crippen molar-refractivity contribution in [1.29, 1.82) is 0 Å². The molecule has 0 saturated carbocycles. The van der Waals surface area contributed by atoms with Gasteiger partial charge in [0.05, 0.1) is 11.2 Å². The van der Waals surface area contributed by atoms with Crippen LogP contribution in [-0.4, -0.2) is 34.9 Å². The molecule has 1 amide bonds. The van der Waals surface area contributed by atoms with Crippen LogP contribution in [0.25, 0.3) is 0 Å². The van der Waals surface area contributed by atoms with E-state index in [4.69, 9.17) is 0 Å². The average Bonchev–Trinajstić information content (AvgIpc) is 2.88. The lowest BCUT2D eigenvalue weighted by Gasteiger charge is -2.24. The van der Waals surface area contributed by atoms with Gasteiger partial charge in [-0.25, -0.2) is 4.98 Å². The van der Waals surface area contributed by atoms with Gasteiger partial charge in [0, 0.05) is 36.5 Å². The number of carbonyl (C=O) groups excluding carboxylic acids is 1. The molecule has 18 heavy (non-hydrogen) atoms. The van der Waals surface area contributed by atoms with Gasteiger partial charge in [-0.1, -0.05) is 0 Å². The number of rotatable bonds is 5. The number of carbonyl (C=O) groups is 1. The molecule has 1 fully saturated rings. The third-order valence-electron chi connectivity index (χ3n) is 3.38. The van der Waals surface area contributed by atoms with E-state index in [9.17, 15) is 4.79 Å². The molecule has 1 saturated heterocycles. The third kappa shape index (κ3) is 3.09. The molecule has 2 unspecified atom stereocenters. The van der Waals surface area contributed by atoms with Crippen molar-refractivity contribution in [3.05, 3.63) is 16.1 Å². The summed E-state index contributed by atoms with van der Waals surface area (Å²) in [7, 11) is 0. The van der Waals surface area contributed by atoms with E-state index in [-0.39, 0.29) is 0 Å². The second-order valence-electron chi connectivity index (χ2n) is 5.03. The Hall–Kier alpha value is -0.940. The highest BCUT2D eigenvalue weighted by atomic mass is 32.1. The molecule has 100 valence electrons. The minimum absolute atomic E-state index is 0.296. The zero-order valence-corrected chi connectivity index (χ0v) is 12.1. The molecule has 1 aromatic heterocycles. The Labute approximate surface area is 112 Å². The second-order valence-corrected chi connectivity index (χ2v) is 5.92. The van der Waals surface area contributed by atoms with Gasteiger partial charge in [-0.05, 0) is 27.2 Å². The summed E-state index contributed by atoms with van der Waals surface area (Å²) in [5.41, 5.74) is 2.99. The summed E-state index contributed by atoms with van der Waals surface area (Å²) in [6, 6.07) is 0.605. The molecule has 5 heteroatoms. The van der Waals surface area contributed by atoms with Gasteiger partial charge in [0.1, 0.15) is 0 Å². The van der Waals surface area contributed by atoms with Crippen molar-refractivity contribution in [2.24, 2.45) is 0 Å². The van der Waals surface area contributed by atoms with E-state index in [2.05, 4.69) is 24.1 Å². The first-order chi connectivity index (χ1) is 8.58. The van der Waals surface area contributed by atoms with Crippen LogP contribution < -0.4 is 5.32 Å². The number of nitrogens with one attached hydrogen (secondary N) is 1. The SMILES string of the molecule is Cc1ncsc1C(C)NC(C)CN1CCCC1=O. The van der Waals surface area contributed by atoms with Crippen molar-refractivity contribution >= 4 is 17.2 Å². The largest absolute Gasteiger partial charge is 0.341 e. The minimum Gasteiger partial charge on any atom is -0.341 e. The molecular formula is C13H21N3OS. The molecule has 2 heterocycles. The molecule has 0 aromatic carbocycles. The van der Waals surface area contributed by atoms with Crippen molar-refractivity contribution in [3.8, 4) is 0 Å². The lowest BCUT2D eigenvalue weighted by Crippen LogP contribution is -2.40. The Morgan fingerprint density at radius 1 is 1.56 bits per heavy atom. The third-order valence-corrected chi connectivity index (χ3v) is 4.49. The van der Waals surface area contributed by atoms with Gasteiger partial charge in [0.15, 0.2) is 0 Å². The number of hydrogen-bond donors (Lipinski definition) is 1. The van der Waals surface area contributed by atoms with Gasteiger partial charge < -0.3 is 10.2 Å². The summed E-state index contributed by atoms with van der Waals surface area (Å²) < 4.78 is 0. The maximum absolute atomic E-state index is 11.6. The second kappa shape index (κ2) is 5.80. The summed E-state index contributed by atoms with van der Waals surface area (Å²) in [4.78, 5) is 19.1. The zero-order chi connectivity index (χ0) is 13.1. The maximum atomic E-state index is 11.6. The lowest BCUT2D eigenvalue weighted by atomic mass is 10.2. The first-order valence-corrected chi connectivity index (χ1v) is 7.39. The first-order valence-electron chi connectivity index (χ1n) is 6.51. The van der Waals surface area contributed by atoms with Crippen molar-refractivity contribution < 1.29 is 4.79 Å². The minimum atomic E-state index is 0.296. The highest BCUT2D eigenvalue weighted by Gasteiger charge is 2.22. The average molecular weight is 267 g/mol. The summed E-state index contributed by atoms with van der Waals surface area (Å²) in [6.07, 6.45) is 1.73. The molecule has 0 bridgehead atoms. The quantitative estimate of drug-likeness (QED) is 0.888. The topological polar surface area (TPSA) is 45.2 Å². The number of nitrogens with zero attached hydrogens (tertiary/aromatic N) is 2. The van der Waals surface area contributed by atoms with E-state index < -0.39 is 0 Å². The fourth-order valence-electron chi connectivity index (χ4n) is 2.51. The smallest absolute Gasteiger partial charge is 0.222 e. The Bertz CT molecular complexity index is 418. The van der Waals surface area contributed by atoms with Crippen molar-refractivity contribution in [2.45, 2.75) is 45.7 Å². The number of aromatic nitrogens is 1. The van der Waals surface area contributed by atoms with Crippen LogP contribution in [0, 0.1) is 6.92 Å². The van der Waals surface area contributed by atoms with E-state index in [1.807, 2.05) is 17.3 Å². The van der Waals surface area contributed by atoms with Crippen LogP contribution in [0.2, 0.25) is 0 Å². The lowest BCUT2D eigenvalue weighted by molar-refractivity contribution is -0.127. The van der Waals surface area contributed by atoms with E-state index in [1.54, 1.807) is 11.3 Å². The van der Waals surface area contributed by atoms with E-state index in [0.29, 0.717) is 18.0 Å². The van der Waals surface area contributed by atoms with Crippen LogP contribution in [0.15, 0.2) is 5.51 Å². The molecular weight excluding hydrogens is 246 g/mol. The zero-order valence-electron chi connectivity index (χ0n) is 11.3. The monoisotopic (exact) mass is 267 g/mol. The van der Waals surface area contributed by atoms with Crippen molar-refractivity contribution in [1.82, 2.24) is 15.2 Å². The molecule has 1 N–H and O–H groups in total. The number of thiazole rings is 1. The van der Waals surface area contributed by atoms with Crippen LogP contribution in [0.5, 0.6) is 0 Å². The van der Waals surface area contributed by atoms with E-state index in [1.165, 1.54) is 4.88 Å². The Balaban J connectivity index is 1.85. The van der Waals surface area contributed by atoms with Crippen LogP contribution in [0.4, 0.5) is 0 Å². The Kier molecular flexibility index (Phi) is 4.35. The number of likely N-dealkylation sites (tertiary alicyclic amines) is 1. The number of aryl methyl sites for hydroxylation is 1. The molecule has 0 radical (unpaired) electrons. The van der Waals surface area contributed by atoms with E-state index >= 15 is 0 Å². The Morgan fingerprint density at radius 3 is 2.89 bits per heavy atom. The summed E-state index contributed by atoms with van der Waals surface area (Å²) in [5.74, 6) is 0.297. The summed E-state index contributed by atoms with van der Waals surface area (Å²) in [5, 5.41) is 3.55. The van der Waals surface area contributed by atoms with Gasteiger partial charge in [0.25, 0.3) is 0 Å². The van der Waals surface area contributed by atoms with Crippen LogP contribution in [-0.2, 0) is 4.79 Å².